The summed E-state index contributed by atoms with van der Waals surface area (Å²) in [6, 6.07) is 15.2. The van der Waals surface area contributed by atoms with Gasteiger partial charge in [0, 0.05) is 23.3 Å². The summed E-state index contributed by atoms with van der Waals surface area (Å²) < 4.78 is 2.05. The maximum absolute atomic E-state index is 12.7. The molecule has 0 spiro atoms. The van der Waals surface area contributed by atoms with Crippen molar-refractivity contribution in [2.75, 3.05) is 5.32 Å². The number of nitrogens with one attached hydrogen (secondary N) is 1. The van der Waals surface area contributed by atoms with Crippen LogP contribution in [0.15, 0.2) is 59.5 Å². The largest absolute Gasteiger partial charge is 0.343 e. The lowest BCUT2D eigenvalue weighted by atomic mass is 10.1. The molecule has 1 aromatic heterocycles. The highest BCUT2D eigenvalue weighted by Crippen LogP contribution is 2.30. The van der Waals surface area contributed by atoms with E-state index in [-0.39, 0.29) is 22.9 Å². The highest BCUT2D eigenvalue weighted by Gasteiger charge is 2.24. The van der Waals surface area contributed by atoms with Crippen LogP contribution in [0.1, 0.15) is 28.9 Å². The number of hydrogen-bond donors (Lipinski definition) is 1. The number of carbonyl (C=O) groups is 1. The van der Waals surface area contributed by atoms with Gasteiger partial charge in [0.05, 0.1) is 5.52 Å². The van der Waals surface area contributed by atoms with Crippen LogP contribution in [0.2, 0.25) is 0 Å². The minimum Gasteiger partial charge on any atom is -0.343 e. The Morgan fingerprint density at radius 3 is 2.70 bits per heavy atom. The Hall–Kier alpha value is -2.88. The number of carbonyl (C=O) groups excluding carboxylic acids is 1. The summed E-state index contributed by atoms with van der Waals surface area (Å²) in [5, 5.41) is 3.41. The zero-order chi connectivity index (χ0) is 16.0. The summed E-state index contributed by atoms with van der Waals surface area (Å²) in [6.07, 6.45) is 2.59. The normalized spacial score (nSPS) is 15.8. The molecule has 0 bridgehead atoms. The number of benzene rings is 2. The van der Waals surface area contributed by atoms with E-state index >= 15 is 0 Å². The molecule has 1 aliphatic rings. The Morgan fingerprint density at radius 1 is 1.13 bits per heavy atom. The number of para-hydroxylation sites is 2. The second kappa shape index (κ2) is 5.09. The monoisotopic (exact) mass is 304 g/mol. The van der Waals surface area contributed by atoms with E-state index in [1.165, 1.54) is 5.56 Å². The standard InChI is InChI=1S/C19H16N2O2/c1-12-10-13-6-5-9-15-17(13)21(12)11-16(18(15)22)19(23)20-14-7-3-2-4-8-14/h2-9,11-12H,10H2,1H3,(H,20,23)/t12-/m1/s1. The van der Waals surface area contributed by atoms with Crippen LogP contribution in [0.25, 0.3) is 10.9 Å². The zero-order valence-electron chi connectivity index (χ0n) is 12.7. The molecule has 114 valence electrons. The summed E-state index contributed by atoms with van der Waals surface area (Å²) in [5.74, 6) is -0.364. The first-order valence-corrected chi connectivity index (χ1v) is 7.68. The van der Waals surface area contributed by atoms with Crippen LogP contribution in [0, 0.1) is 0 Å². The van der Waals surface area contributed by atoms with Gasteiger partial charge in [-0.25, -0.2) is 0 Å². The quantitative estimate of drug-likeness (QED) is 0.789. The molecular weight excluding hydrogens is 288 g/mol. The van der Waals surface area contributed by atoms with Gasteiger partial charge >= 0.3 is 0 Å². The van der Waals surface area contributed by atoms with E-state index in [0.29, 0.717) is 11.1 Å². The number of anilines is 1. The maximum atomic E-state index is 12.7. The molecule has 3 aromatic rings. The highest BCUT2D eigenvalue weighted by molar-refractivity contribution is 6.06. The van der Waals surface area contributed by atoms with Crippen LogP contribution >= 0.6 is 0 Å². The molecule has 0 radical (unpaired) electrons. The van der Waals surface area contributed by atoms with Gasteiger partial charge in [-0.05, 0) is 37.1 Å². The number of aromatic nitrogens is 1. The molecule has 1 aliphatic heterocycles. The minimum absolute atomic E-state index is 0.187. The van der Waals surface area contributed by atoms with E-state index in [4.69, 9.17) is 0 Å². The molecule has 0 saturated carbocycles. The van der Waals surface area contributed by atoms with Gasteiger partial charge < -0.3 is 9.88 Å². The SMILES string of the molecule is C[C@@H]1Cc2cccc3c(=O)c(C(=O)Nc4ccccc4)cn1c23. The van der Waals surface area contributed by atoms with Crippen molar-refractivity contribution in [3.8, 4) is 0 Å². The average Bonchev–Trinajstić information content (AvgIpc) is 2.88. The van der Waals surface area contributed by atoms with E-state index < -0.39 is 0 Å². The molecule has 0 aliphatic carbocycles. The van der Waals surface area contributed by atoms with Crippen LogP contribution in [0.3, 0.4) is 0 Å². The Bertz CT molecular complexity index is 974. The first-order valence-electron chi connectivity index (χ1n) is 7.68. The van der Waals surface area contributed by atoms with Crippen LogP contribution in [0.4, 0.5) is 5.69 Å². The molecule has 0 fully saturated rings. The summed E-state index contributed by atoms with van der Waals surface area (Å²) in [7, 11) is 0. The van der Waals surface area contributed by atoms with Gasteiger partial charge in [0.2, 0.25) is 5.43 Å². The maximum Gasteiger partial charge on any atom is 0.261 e. The van der Waals surface area contributed by atoms with Gasteiger partial charge in [0.25, 0.3) is 5.91 Å². The number of rotatable bonds is 2. The summed E-state index contributed by atoms with van der Waals surface area (Å²) in [5.41, 5.74) is 2.79. The average molecular weight is 304 g/mol. The molecule has 4 rings (SSSR count). The Balaban J connectivity index is 1.85. The molecular formula is C19H16N2O2. The second-order valence-electron chi connectivity index (χ2n) is 5.97. The number of nitrogens with zero attached hydrogens (tertiary/aromatic N) is 1. The van der Waals surface area contributed by atoms with Gasteiger partial charge in [-0.2, -0.15) is 0 Å². The van der Waals surface area contributed by atoms with Crippen molar-refractivity contribution in [1.29, 1.82) is 0 Å². The molecule has 4 heteroatoms. The van der Waals surface area contributed by atoms with Gasteiger partial charge in [0.1, 0.15) is 5.56 Å². The molecule has 1 atom stereocenters. The van der Waals surface area contributed by atoms with Crippen molar-refractivity contribution in [3.63, 3.8) is 0 Å². The molecule has 2 heterocycles. The Labute approximate surface area is 133 Å². The molecule has 23 heavy (non-hydrogen) atoms. The van der Waals surface area contributed by atoms with E-state index in [0.717, 1.165) is 11.9 Å². The van der Waals surface area contributed by atoms with Gasteiger partial charge in [-0.3, -0.25) is 9.59 Å². The summed E-state index contributed by atoms with van der Waals surface area (Å²) in [6.45, 7) is 2.10. The first-order chi connectivity index (χ1) is 11.1. The smallest absolute Gasteiger partial charge is 0.261 e. The lowest BCUT2D eigenvalue weighted by Gasteiger charge is -2.12. The van der Waals surface area contributed by atoms with Crippen molar-refractivity contribution in [1.82, 2.24) is 4.57 Å². The third-order valence-electron chi connectivity index (χ3n) is 4.40. The van der Waals surface area contributed by atoms with Gasteiger partial charge in [0.15, 0.2) is 0 Å². The predicted molar refractivity (Wildman–Crippen MR) is 91.0 cm³/mol. The van der Waals surface area contributed by atoms with Gasteiger partial charge in [-0.15, -0.1) is 0 Å². The van der Waals surface area contributed by atoms with Crippen molar-refractivity contribution in [2.45, 2.75) is 19.4 Å². The number of pyridine rings is 1. The topological polar surface area (TPSA) is 51.1 Å². The molecule has 0 unspecified atom stereocenters. The molecule has 1 N–H and O–H groups in total. The second-order valence-corrected chi connectivity index (χ2v) is 5.97. The fraction of sp³-hybridized carbons (Fsp3) is 0.158. The van der Waals surface area contributed by atoms with Crippen molar-refractivity contribution < 1.29 is 4.79 Å². The molecule has 4 nitrogen and oxygen atoms in total. The minimum atomic E-state index is -0.364. The third-order valence-corrected chi connectivity index (χ3v) is 4.40. The van der Waals surface area contributed by atoms with Crippen LogP contribution in [0.5, 0.6) is 0 Å². The molecule has 0 saturated heterocycles. The Morgan fingerprint density at radius 2 is 1.91 bits per heavy atom. The van der Waals surface area contributed by atoms with Crippen LogP contribution in [-0.2, 0) is 6.42 Å². The highest BCUT2D eigenvalue weighted by atomic mass is 16.2. The van der Waals surface area contributed by atoms with Crippen molar-refractivity contribution in [3.05, 3.63) is 76.1 Å². The Kier molecular flexibility index (Phi) is 3.05. The predicted octanol–water partition coefficient (Wildman–Crippen LogP) is 3.37. The zero-order valence-corrected chi connectivity index (χ0v) is 12.7. The van der Waals surface area contributed by atoms with Crippen molar-refractivity contribution >= 4 is 22.5 Å². The fourth-order valence-corrected chi connectivity index (χ4v) is 3.30. The van der Waals surface area contributed by atoms with Crippen molar-refractivity contribution in [2.24, 2.45) is 0 Å². The van der Waals surface area contributed by atoms with E-state index in [1.54, 1.807) is 24.4 Å². The van der Waals surface area contributed by atoms with E-state index in [2.05, 4.69) is 12.2 Å². The lowest BCUT2D eigenvalue weighted by Crippen LogP contribution is -2.23. The molecule has 2 aromatic carbocycles. The van der Waals surface area contributed by atoms with Crippen LogP contribution < -0.4 is 10.7 Å². The lowest BCUT2D eigenvalue weighted by molar-refractivity contribution is 0.102. The first kappa shape index (κ1) is 13.8. The van der Waals surface area contributed by atoms with Crippen LogP contribution in [-0.4, -0.2) is 10.5 Å². The number of hydrogen-bond acceptors (Lipinski definition) is 2. The molecule has 1 amide bonds. The van der Waals surface area contributed by atoms with E-state index in [1.807, 2.05) is 34.9 Å². The van der Waals surface area contributed by atoms with Gasteiger partial charge in [-0.1, -0.05) is 30.3 Å². The fourth-order valence-electron chi connectivity index (χ4n) is 3.30. The van der Waals surface area contributed by atoms with E-state index in [9.17, 15) is 9.59 Å². The summed E-state index contributed by atoms with van der Waals surface area (Å²) in [4.78, 5) is 25.3. The third kappa shape index (κ3) is 2.14. The number of amides is 1. The summed E-state index contributed by atoms with van der Waals surface area (Å²) >= 11 is 0.